The third-order valence-electron chi connectivity index (χ3n) is 3.57. The molecule has 2 rings (SSSR count). The minimum Gasteiger partial charge on any atom is -0.320 e. The fraction of sp³-hybridized carbons (Fsp3) is 0.250. The molecule has 0 saturated carbocycles. The Balaban J connectivity index is 2.19. The van der Waals surface area contributed by atoms with Crippen molar-refractivity contribution in [3.05, 3.63) is 50.9 Å². The van der Waals surface area contributed by atoms with Crippen molar-refractivity contribution < 1.29 is 17.8 Å². The van der Waals surface area contributed by atoms with Gasteiger partial charge in [-0.3, -0.25) is 4.79 Å². The summed E-state index contributed by atoms with van der Waals surface area (Å²) in [7, 11) is -3.76. The number of amides is 1. The third kappa shape index (κ3) is 4.52. The number of benzene rings is 1. The molecule has 0 aliphatic carbocycles. The smallest absolute Gasteiger partial charge is 0.290 e. The molecule has 0 radical (unpaired) electrons. The van der Waals surface area contributed by atoms with Gasteiger partial charge in [0.2, 0.25) is 16.6 Å². The first-order chi connectivity index (χ1) is 11.1. The first-order valence-electron chi connectivity index (χ1n) is 7.18. The summed E-state index contributed by atoms with van der Waals surface area (Å²) in [4.78, 5) is 12.3. The van der Waals surface area contributed by atoms with Crippen molar-refractivity contribution in [2.24, 2.45) is 5.14 Å². The van der Waals surface area contributed by atoms with Crippen molar-refractivity contribution in [1.29, 1.82) is 0 Å². The lowest BCUT2D eigenvalue weighted by Crippen LogP contribution is -2.45. The molecule has 0 saturated heterocycles. The predicted octanol–water partition coefficient (Wildman–Crippen LogP) is 1.79. The van der Waals surface area contributed by atoms with Crippen LogP contribution in [-0.4, -0.2) is 14.3 Å². The van der Waals surface area contributed by atoms with Gasteiger partial charge in [-0.2, -0.15) is 4.57 Å². The Bertz CT molecular complexity index is 888. The molecule has 24 heavy (non-hydrogen) atoms. The normalized spacial score (nSPS) is 11.4. The number of nitrogens with two attached hydrogens (primary N) is 1. The van der Waals surface area contributed by atoms with Gasteiger partial charge in [-0.1, -0.05) is 0 Å². The molecule has 0 bridgehead atoms. The summed E-state index contributed by atoms with van der Waals surface area (Å²) in [6, 6.07) is 8.39. The van der Waals surface area contributed by atoms with Gasteiger partial charge in [0.1, 0.15) is 0 Å². The Morgan fingerprint density at radius 1 is 1.17 bits per heavy atom. The molecule has 1 aromatic heterocycles. The fourth-order valence-electron chi connectivity index (χ4n) is 2.49. The SMILES string of the molecule is Cc1cc(C)[n+](CC(=O)Nc2ccc(S(N)(=O)=O)cc2I)c(C)c1. The minimum atomic E-state index is -3.76. The third-order valence-corrected chi connectivity index (χ3v) is 5.37. The van der Waals surface area contributed by atoms with Gasteiger partial charge in [-0.25, -0.2) is 13.6 Å². The molecule has 0 fully saturated rings. The highest BCUT2D eigenvalue weighted by molar-refractivity contribution is 14.1. The molecule has 0 aliphatic rings. The Labute approximate surface area is 155 Å². The van der Waals surface area contributed by atoms with Crippen LogP contribution in [0.5, 0.6) is 0 Å². The Morgan fingerprint density at radius 3 is 2.25 bits per heavy atom. The maximum Gasteiger partial charge on any atom is 0.290 e. The van der Waals surface area contributed by atoms with Crippen LogP contribution in [-0.2, 0) is 21.4 Å². The molecule has 128 valence electrons. The van der Waals surface area contributed by atoms with Gasteiger partial charge in [-0.15, -0.1) is 0 Å². The largest absolute Gasteiger partial charge is 0.320 e. The van der Waals surface area contributed by atoms with E-state index in [0.29, 0.717) is 9.26 Å². The number of sulfonamides is 1. The molecule has 1 aromatic carbocycles. The lowest BCUT2D eigenvalue weighted by molar-refractivity contribution is -0.696. The molecule has 1 amide bonds. The number of pyridine rings is 1. The van der Waals surface area contributed by atoms with E-state index in [1.54, 1.807) is 6.07 Å². The number of rotatable bonds is 4. The number of carbonyl (C=O) groups is 1. The van der Waals surface area contributed by atoms with E-state index in [1.165, 1.54) is 12.1 Å². The van der Waals surface area contributed by atoms with Gasteiger partial charge in [0.25, 0.3) is 5.91 Å². The number of hydrogen-bond donors (Lipinski definition) is 2. The highest BCUT2D eigenvalue weighted by Gasteiger charge is 2.18. The molecule has 0 aliphatic heterocycles. The Kier molecular flexibility index (Phi) is 5.61. The zero-order valence-corrected chi connectivity index (χ0v) is 16.6. The second kappa shape index (κ2) is 7.16. The first kappa shape index (κ1) is 18.8. The number of aryl methyl sites for hydroxylation is 3. The van der Waals surface area contributed by atoms with Gasteiger partial charge in [0.15, 0.2) is 11.4 Å². The van der Waals surface area contributed by atoms with E-state index >= 15 is 0 Å². The van der Waals surface area contributed by atoms with Gasteiger partial charge in [0, 0.05) is 29.6 Å². The molecule has 6 nitrogen and oxygen atoms in total. The van der Waals surface area contributed by atoms with Crippen LogP contribution in [0.25, 0.3) is 0 Å². The standard InChI is InChI=1S/C16H18IN3O3S/c1-10-6-11(2)20(12(3)7-10)9-16(21)19-15-5-4-13(8-14(15)17)24(18,22)23/h4-8H,9H2,1-3H3,(H2-,18,19,21,22,23)/p+1. The summed E-state index contributed by atoms with van der Waals surface area (Å²) in [5.41, 5.74) is 3.70. The molecule has 8 heteroatoms. The lowest BCUT2D eigenvalue weighted by atomic mass is 10.2. The van der Waals surface area contributed by atoms with Crippen molar-refractivity contribution in [3.8, 4) is 0 Å². The second-order valence-corrected chi connectivity index (χ2v) is 8.36. The van der Waals surface area contributed by atoms with Crippen molar-refractivity contribution in [2.45, 2.75) is 32.2 Å². The van der Waals surface area contributed by atoms with Crippen molar-refractivity contribution >= 4 is 44.2 Å². The average molecular weight is 460 g/mol. The summed E-state index contributed by atoms with van der Waals surface area (Å²) in [5, 5.41) is 7.91. The number of nitrogens with zero attached hydrogens (tertiary/aromatic N) is 1. The number of carbonyl (C=O) groups excluding carboxylic acids is 1. The Hall–Kier alpha value is -1.52. The van der Waals surface area contributed by atoms with Crippen LogP contribution < -0.4 is 15.0 Å². The molecule has 0 atom stereocenters. The van der Waals surface area contributed by atoms with E-state index in [2.05, 4.69) is 5.32 Å². The summed E-state index contributed by atoms with van der Waals surface area (Å²) in [6.45, 7) is 6.11. The number of halogens is 1. The first-order valence-corrected chi connectivity index (χ1v) is 9.80. The van der Waals surface area contributed by atoms with Gasteiger partial charge < -0.3 is 5.32 Å². The molecular weight excluding hydrogens is 441 g/mol. The Morgan fingerprint density at radius 2 is 1.75 bits per heavy atom. The van der Waals surface area contributed by atoms with Crippen molar-refractivity contribution in [3.63, 3.8) is 0 Å². The van der Waals surface area contributed by atoms with E-state index in [-0.39, 0.29) is 17.3 Å². The summed E-state index contributed by atoms with van der Waals surface area (Å²) < 4.78 is 25.2. The van der Waals surface area contributed by atoms with Crippen LogP contribution in [0.1, 0.15) is 17.0 Å². The van der Waals surface area contributed by atoms with Gasteiger partial charge >= 0.3 is 0 Å². The van der Waals surface area contributed by atoms with E-state index in [9.17, 15) is 13.2 Å². The summed E-state index contributed by atoms with van der Waals surface area (Å²) >= 11 is 1.97. The molecule has 3 N–H and O–H groups in total. The molecule has 1 heterocycles. The number of anilines is 1. The van der Waals surface area contributed by atoms with Crippen molar-refractivity contribution in [1.82, 2.24) is 0 Å². The van der Waals surface area contributed by atoms with Crippen LogP contribution in [0.3, 0.4) is 0 Å². The van der Waals surface area contributed by atoms with Crippen LogP contribution in [0.15, 0.2) is 35.2 Å². The van der Waals surface area contributed by atoms with Gasteiger partial charge in [-0.05, 0) is 53.3 Å². The highest BCUT2D eigenvalue weighted by atomic mass is 127. The quantitative estimate of drug-likeness (QED) is 0.539. The molecule has 2 aromatic rings. The van der Waals surface area contributed by atoms with E-state index in [1.807, 2.05) is 60.1 Å². The molecule has 0 spiro atoms. The van der Waals surface area contributed by atoms with Crippen LogP contribution in [0, 0.1) is 24.3 Å². The predicted molar refractivity (Wildman–Crippen MR) is 100 cm³/mol. The highest BCUT2D eigenvalue weighted by Crippen LogP contribution is 2.21. The maximum absolute atomic E-state index is 12.3. The van der Waals surface area contributed by atoms with E-state index in [0.717, 1.165) is 17.0 Å². The van der Waals surface area contributed by atoms with Crippen molar-refractivity contribution in [2.75, 3.05) is 5.32 Å². The summed E-state index contributed by atoms with van der Waals surface area (Å²) in [5.74, 6) is -0.184. The average Bonchev–Trinajstić information content (AvgIpc) is 2.44. The van der Waals surface area contributed by atoms with Gasteiger partial charge in [0.05, 0.1) is 10.6 Å². The number of primary sulfonamides is 1. The number of nitrogens with one attached hydrogen (secondary N) is 1. The van der Waals surface area contributed by atoms with Crippen LogP contribution >= 0.6 is 22.6 Å². The number of aromatic nitrogens is 1. The zero-order valence-electron chi connectivity index (χ0n) is 13.6. The molecule has 0 unspecified atom stereocenters. The summed E-state index contributed by atoms with van der Waals surface area (Å²) in [6.07, 6.45) is 0. The van der Waals surface area contributed by atoms with E-state index in [4.69, 9.17) is 5.14 Å². The molecular formula is C16H19IN3O3S+. The van der Waals surface area contributed by atoms with Crippen LogP contribution in [0.2, 0.25) is 0 Å². The topological polar surface area (TPSA) is 93.1 Å². The lowest BCUT2D eigenvalue weighted by Gasteiger charge is -2.09. The van der Waals surface area contributed by atoms with E-state index < -0.39 is 10.0 Å². The van der Waals surface area contributed by atoms with Crippen LogP contribution in [0.4, 0.5) is 5.69 Å². The second-order valence-electron chi connectivity index (χ2n) is 5.64. The zero-order chi connectivity index (χ0) is 18.1. The monoisotopic (exact) mass is 460 g/mol. The minimum absolute atomic E-state index is 0.0181. The maximum atomic E-state index is 12.3. The number of hydrogen-bond acceptors (Lipinski definition) is 3. The fourth-order valence-corrected chi connectivity index (χ4v) is 3.89.